The summed E-state index contributed by atoms with van der Waals surface area (Å²) in [5.74, 6) is -0.899. The molecule has 0 saturated heterocycles. The number of carbonyl (C=O) groups is 1. The lowest BCUT2D eigenvalue weighted by Crippen LogP contribution is -2.34. The molecule has 7 nitrogen and oxygen atoms in total. The lowest BCUT2D eigenvalue weighted by atomic mass is 10.2. The second-order valence-corrected chi connectivity index (χ2v) is 7.77. The molecule has 0 radical (unpaired) electrons. The van der Waals surface area contributed by atoms with Gasteiger partial charge in [0.1, 0.15) is 10.7 Å². The maximum Gasteiger partial charge on any atom is 0.321 e. The fourth-order valence-electron chi connectivity index (χ4n) is 2.37. The Hall–Kier alpha value is -2.65. The van der Waals surface area contributed by atoms with Gasteiger partial charge in [0.25, 0.3) is 10.0 Å². The van der Waals surface area contributed by atoms with Gasteiger partial charge in [-0.3, -0.25) is 4.72 Å². The van der Waals surface area contributed by atoms with Crippen LogP contribution < -0.4 is 10.0 Å². The van der Waals surface area contributed by atoms with Gasteiger partial charge in [-0.1, -0.05) is 18.2 Å². The van der Waals surface area contributed by atoms with Crippen molar-refractivity contribution < 1.29 is 22.3 Å². The molecule has 0 atom stereocenters. The number of benzene rings is 2. The minimum atomic E-state index is -4.17. The van der Waals surface area contributed by atoms with E-state index in [2.05, 4.69) is 10.0 Å². The van der Waals surface area contributed by atoms with Crippen LogP contribution in [0.3, 0.4) is 0 Å². The van der Waals surface area contributed by atoms with Crippen molar-refractivity contribution in [3.8, 4) is 0 Å². The Labute approximate surface area is 164 Å². The molecule has 2 aromatic rings. The number of nitrogens with zero attached hydrogens (tertiary/aromatic N) is 1. The standard InChI is InChI=1S/C19H24FN3O4S/c1-4-27-11-10-23(3)19(24)21-17-13-18(16(20)12-14(17)2)28(25,26)22-15-8-6-5-7-9-15/h5-9,12-13,22H,4,10-11H2,1-3H3,(H,21,24). The van der Waals surface area contributed by atoms with E-state index in [4.69, 9.17) is 4.74 Å². The number of anilines is 2. The van der Waals surface area contributed by atoms with Crippen LogP contribution in [0.2, 0.25) is 0 Å². The van der Waals surface area contributed by atoms with E-state index in [1.165, 1.54) is 4.90 Å². The molecule has 0 spiro atoms. The van der Waals surface area contributed by atoms with E-state index in [1.807, 2.05) is 6.92 Å². The SMILES string of the molecule is CCOCCN(C)C(=O)Nc1cc(S(=O)(=O)Nc2ccccc2)c(F)cc1C. The number of hydrogen-bond acceptors (Lipinski definition) is 4. The Kier molecular flexibility index (Phi) is 7.36. The van der Waals surface area contributed by atoms with Crippen molar-refractivity contribution in [2.45, 2.75) is 18.7 Å². The topological polar surface area (TPSA) is 87.7 Å². The number of carbonyl (C=O) groups excluding carboxylic acids is 1. The molecule has 0 fully saturated rings. The summed E-state index contributed by atoms with van der Waals surface area (Å²) in [6, 6.07) is 9.91. The van der Waals surface area contributed by atoms with E-state index in [9.17, 15) is 17.6 Å². The summed E-state index contributed by atoms with van der Waals surface area (Å²) in [6.07, 6.45) is 0. The molecular formula is C19H24FN3O4S. The van der Waals surface area contributed by atoms with Crippen LogP contribution in [0.25, 0.3) is 0 Å². The van der Waals surface area contributed by atoms with Crippen molar-refractivity contribution in [1.29, 1.82) is 0 Å². The summed E-state index contributed by atoms with van der Waals surface area (Å²) in [5, 5.41) is 2.61. The Balaban J connectivity index is 2.23. The van der Waals surface area contributed by atoms with Crippen molar-refractivity contribution in [1.82, 2.24) is 4.90 Å². The van der Waals surface area contributed by atoms with Gasteiger partial charge < -0.3 is 15.0 Å². The predicted molar refractivity (Wildman–Crippen MR) is 107 cm³/mol. The van der Waals surface area contributed by atoms with Crippen LogP contribution in [0.15, 0.2) is 47.4 Å². The van der Waals surface area contributed by atoms with Gasteiger partial charge in [-0.15, -0.1) is 0 Å². The van der Waals surface area contributed by atoms with E-state index < -0.39 is 26.8 Å². The minimum Gasteiger partial charge on any atom is -0.380 e. The molecule has 0 heterocycles. The first-order valence-electron chi connectivity index (χ1n) is 8.72. The number of hydrogen-bond donors (Lipinski definition) is 2. The smallest absolute Gasteiger partial charge is 0.321 e. The lowest BCUT2D eigenvalue weighted by Gasteiger charge is -2.19. The Morgan fingerprint density at radius 1 is 1.21 bits per heavy atom. The monoisotopic (exact) mass is 409 g/mol. The number of rotatable bonds is 8. The summed E-state index contributed by atoms with van der Waals surface area (Å²) < 4.78 is 47.1. The Bertz CT molecular complexity index is 920. The third kappa shape index (κ3) is 5.67. The predicted octanol–water partition coefficient (Wildman–Crippen LogP) is 3.44. The average molecular weight is 409 g/mol. The van der Waals surface area contributed by atoms with Crippen LogP contribution in [-0.4, -0.2) is 46.2 Å². The number of para-hydroxylation sites is 1. The molecule has 0 unspecified atom stereocenters. The van der Waals surface area contributed by atoms with Crippen molar-refractivity contribution >= 4 is 27.4 Å². The van der Waals surface area contributed by atoms with E-state index in [1.54, 1.807) is 44.3 Å². The maximum absolute atomic E-state index is 14.4. The summed E-state index contributed by atoms with van der Waals surface area (Å²) in [6.45, 7) is 4.72. The number of urea groups is 1. The summed E-state index contributed by atoms with van der Waals surface area (Å²) in [4.78, 5) is 13.1. The number of nitrogens with one attached hydrogen (secondary N) is 2. The number of sulfonamides is 1. The number of aryl methyl sites for hydroxylation is 1. The zero-order valence-electron chi connectivity index (χ0n) is 16.0. The van der Waals surface area contributed by atoms with Gasteiger partial charge in [-0.25, -0.2) is 17.6 Å². The summed E-state index contributed by atoms with van der Waals surface area (Å²) >= 11 is 0. The fourth-order valence-corrected chi connectivity index (χ4v) is 3.51. The number of halogens is 1. The zero-order chi connectivity index (χ0) is 20.7. The molecule has 2 amide bonds. The highest BCUT2D eigenvalue weighted by atomic mass is 32.2. The first-order valence-corrected chi connectivity index (χ1v) is 10.2. The molecule has 0 bridgehead atoms. The van der Waals surface area contributed by atoms with Gasteiger partial charge in [0, 0.05) is 31.6 Å². The zero-order valence-corrected chi connectivity index (χ0v) is 16.8. The third-order valence-corrected chi connectivity index (χ3v) is 5.35. The molecule has 152 valence electrons. The molecule has 9 heteroatoms. The molecular weight excluding hydrogens is 385 g/mol. The van der Waals surface area contributed by atoms with E-state index in [0.29, 0.717) is 31.0 Å². The largest absolute Gasteiger partial charge is 0.380 e. The maximum atomic E-state index is 14.4. The van der Waals surface area contributed by atoms with E-state index in [0.717, 1.165) is 12.1 Å². The highest BCUT2D eigenvalue weighted by Crippen LogP contribution is 2.25. The van der Waals surface area contributed by atoms with Gasteiger partial charge in [-0.2, -0.15) is 0 Å². The quantitative estimate of drug-likeness (QED) is 0.654. The first kappa shape index (κ1) is 21.6. The van der Waals surface area contributed by atoms with Gasteiger partial charge in [0.15, 0.2) is 0 Å². The molecule has 0 aliphatic heterocycles. The highest BCUT2D eigenvalue weighted by Gasteiger charge is 2.22. The van der Waals surface area contributed by atoms with Crippen LogP contribution in [-0.2, 0) is 14.8 Å². The highest BCUT2D eigenvalue weighted by molar-refractivity contribution is 7.92. The van der Waals surface area contributed by atoms with Gasteiger partial charge >= 0.3 is 6.03 Å². The molecule has 0 saturated carbocycles. The third-order valence-electron chi connectivity index (χ3n) is 3.96. The van der Waals surface area contributed by atoms with Crippen LogP contribution >= 0.6 is 0 Å². The summed E-state index contributed by atoms with van der Waals surface area (Å²) in [5.41, 5.74) is 0.925. The van der Waals surface area contributed by atoms with Crippen molar-refractivity contribution in [3.05, 3.63) is 53.8 Å². The molecule has 0 aliphatic carbocycles. The normalized spacial score (nSPS) is 11.1. The van der Waals surface area contributed by atoms with Gasteiger partial charge in [0.2, 0.25) is 0 Å². The fraction of sp³-hybridized carbons (Fsp3) is 0.316. The van der Waals surface area contributed by atoms with Crippen LogP contribution in [0.5, 0.6) is 0 Å². The second-order valence-electron chi connectivity index (χ2n) is 6.12. The van der Waals surface area contributed by atoms with E-state index >= 15 is 0 Å². The van der Waals surface area contributed by atoms with Crippen LogP contribution in [0, 0.1) is 12.7 Å². The van der Waals surface area contributed by atoms with Crippen LogP contribution in [0.4, 0.5) is 20.6 Å². The van der Waals surface area contributed by atoms with E-state index in [-0.39, 0.29) is 5.69 Å². The summed E-state index contributed by atoms with van der Waals surface area (Å²) in [7, 11) is -2.58. The molecule has 2 rings (SSSR count). The van der Waals surface area contributed by atoms with Crippen molar-refractivity contribution in [2.24, 2.45) is 0 Å². The number of ether oxygens (including phenoxy) is 1. The number of amides is 2. The molecule has 0 aliphatic rings. The van der Waals surface area contributed by atoms with Gasteiger partial charge in [0.05, 0.1) is 6.61 Å². The van der Waals surface area contributed by atoms with Crippen molar-refractivity contribution in [2.75, 3.05) is 36.8 Å². The Morgan fingerprint density at radius 2 is 1.89 bits per heavy atom. The second kappa shape index (κ2) is 9.52. The number of likely N-dealkylation sites (N-methyl/N-ethyl adjacent to an activating group) is 1. The lowest BCUT2D eigenvalue weighted by molar-refractivity contribution is 0.128. The molecule has 2 N–H and O–H groups in total. The van der Waals surface area contributed by atoms with Gasteiger partial charge in [-0.05, 0) is 43.7 Å². The Morgan fingerprint density at radius 3 is 2.54 bits per heavy atom. The van der Waals surface area contributed by atoms with Crippen molar-refractivity contribution in [3.63, 3.8) is 0 Å². The minimum absolute atomic E-state index is 0.211. The molecule has 0 aromatic heterocycles. The molecule has 28 heavy (non-hydrogen) atoms. The van der Waals surface area contributed by atoms with Crippen LogP contribution in [0.1, 0.15) is 12.5 Å². The molecule has 2 aromatic carbocycles. The average Bonchev–Trinajstić information content (AvgIpc) is 2.64. The first-order chi connectivity index (χ1) is 13.2.